The van der Waals surface area contributed by atoms with E-state index in [9.17, 15) is 4.79 Å². The summed E-state index contributed by atoms with van der Waals surface area (Å²) >= 11 is 0. The van der Waals surface area contributed by atoms with Gasteiger partial charge in [-0.2, -0.15) is 0 Å². The lowest BCUT2D eigenvalue weighted by atomic mass is 10.4. The van der Waals surface area contributed by atoms with Crippen LogP contribution in [0.1, 0.15) is 6.92 Å². The summed E-state index contributed by atoms with van der Waals surface area (Å²) in [5.41, 5.74) is 0.476. The van der Waals surface area contributed by atoms with Crippen LogP contribution in [0, 0.1) is 0 Å². The predicted molar refractivity (Wildman–Crippen MR) is 63.6 cm³/mol. The summed E-state index contributed by atoms with van der Waals surface area (Å²) in [6.07, 6.45) is 0. The zero-order valence-electron chi connectivity index (χ0n) is 9.55. The van der Waals surface area contributed by atoms with Crippen LogP contribution in [0.25, 0.3) is 0 Å². The normalized spacial score (nSPS) is 12.0. The summed E-state index contributed by atoms with van der Waals surface area (Å²) in [6.45, 7) is 12.3. The molecule has 0 bridgehead atoms. The van der Waals surface area contributed by atoms with Gasteiger partial charge in [0.15, 0.2) is 8.32 Å². The molecule has 3 nitrogen and oxygen atoms in total. The lowest BCUT2D eigenvalue weighted by molar-refractivity contribution is -0.130. The largest absolute Gasteiger partial charge is 0.522 e. The number of hydrogen-bond acceptors (Lipinski definition) is 3. The van der Waals surface area contributed by atoms with Crippen LogP contribution < -0.4 is 0 Å². The maximum Gasteiger partial charge on any atom is 0.319 e. The van der Waals surface area contributed by atoms with E-state index in [-0.39, 0.29) is 5.97 Å². The molecule has 0 aliphatic rings. The van der Waals surface area contributed by atoms with E-state index in [0.717, 1.165) is 12.7 Å². The van der Waals surface area contributed by atoms with E-state index < -0.39 is 18.1 Å². The molecule has 0 radical (unpaired) electrons. The summed E-state index contributed by atoms with van der Waals surface area (Å²) in [5.74, 6) is -0.260. The van der Waals surface area contributed by atoms with E-state index in [1.165, 1.54) is 0 Å². The van der Waals surface area contributed by atoms with Gasteiger partial charge in [0.05, 0.1) is 0 Å². The molecule has 5 heteroatoms. The molecule has 0 aliphatic heterocycles. The lowest BCUT2D eigenvalue weighted by Crippen LogP contribution is -2.26. The molecular formula is C9H20O3Si2. The first-order valence-electron chi connectivity index (χ1n) is 4.79. The van der Waals surface area contributed by atoms with E-state index >= 15 is 0 Å². The van der Waals surface area contributed by atoms with Crippen molar-refractivity contribution < 1.29 is 13.6 Å². The molecule has 0 aromatic rings. The van der Waals surface area contributed by atoms with Crippen LogP contribution in [0.3, 0.4) is 0 Å². The van der Waals surface area contributed by atoms with Gasteiger partial charge in [-0.3, -0.25) is 0 Å². The van der Waals surface area contributed by atoms with Gasteiger partial charge in [-0.05, 0) is 32.6 Å². The predicted octanol–water partition coefficient (Wildman–Crippen LogP) is 1.46. The van der Waals surface area contributed by atoms with Crippen molar-refractivity contribution in [2.24, 2.45) is 0 Å². The Labute approximate surface area is 89.6 Å². The van der Waals surface area contributed by atoms with Gasteiger partial charge in [0.1, 0.15) is 0 Å². The summed E-state index contributed by atoms with van der Waals surface area (Å²) in [5, 5.41) is 0. The van der Waals surface area contributed by atoms with Crippen LogP contribution in [-0.2, 0) is 13.6 Å². The van der Waals surface area contributed by atoms with Crippen molar-refractivity contribution in [2.45, 2.75) is 32.6 Å². The van der Waals surface area contributed by atoms with Gasteiger partial charge >= 0.3 is 5.97 Å². The Morgan fingerprint density at radius 1 is 1.43 bits per heavy atom. The topological polar surface area (TPSA) is 35.5 Å². The highest BCUT2D eigenvalue weighted by Crippen LogP contribution is 2.03. The molecule has 14 heavy (non-hydrogen) atoms. The highest BCUT2D eigenvalue weighted by Gasteiger charge is 2.13. The summed E-state index contributed by atoms with van der Waals surface area (Å²) in [4.78, 5) is 11.0. The lowest BCUT2D eigenvalue weighted by Gasteiger charge is -2.16. The fraction of sp³-hybridized carbons (Fsp3) is 0.667. The average Bonchev–Trinajstić information content (AvgIpc) is 2.01. The van der Waals surface area contributed by atoms with E-state index in [0.29, 0.717) is 5.57 Å². The molecule has 0 N–H and O–H groups in total. The van der Waals surface area contributed by atoms with E-state index in [2.05, 4.69) is 26.2 Å². The summed E-state index contributed by atoms with van der Waals surface area (Å²) in [7, 11) is -2.15. The minimum absolute atomic E-state index is 0.260. The van der Waals surface area contributed by atoms with Crippen LogP contribution in [-0.4, -0.2) is 30.7 Å². The Balaban J connectivity index is 3.39. The van der Waals surface area contributed by atoms with Gasteiger partial charge < -0.3 is 8.85 Å². The molecule has 0 spiro atoms. The smallest absolute Gasteiger partial charge is 0.319 e. The zero-order chi connectivity index (χ0) is 11.2. The summed E-state index contributed by atoms with van der Waals surface area (Å²) < 4.78 is 10.7. The molecule has 0 saturated heterocycles. The molecule has 0 saturated carbocycles. The third kappa shape index (κ3) is 8.21. The van der Waals surface area contributed by atoms with Crippen molar-refractivity contribution in [3.8, 4) is 0 Å². The molecule has 0 fully saturated rings. The third-order valence-corrected chi connectivity index (χ3v) is 3.52. The van der Waals surface area contributed by atoms with Crippen LogP contribution >= 0.6 is 0 Å². The second-order valence-corrected chi connectivity index (χ2v) is 10.1. The van der Waals surface area contributed by atoms with Crippen LogP contribution in [0.5, 0.6) is 0 Å². The standard InChI is InChI=1S/C9H20O3Si2/c1-8(2)9(10)12-13-7-6-11-14(3,4)5/h1,6-7,13H2,2-5H3. The van der Waals surface area contributed by atoms with Crippen molar-refractivity contribution >= 4 is 24.0 Å². The number of carbonyl (C=O) groups excluding carboxylic acids is 1. The second-order valence-electron chi connectivity index (χ2n) is 4.23. The number of rotatable bonds is 6. The second kappa shape index (κ2) is 6.16. The molecule has 0 amide bonds. The van der Waals surface area contributed by atoms with E-state index in [1.807, 2.05) is 0 Å². The van der Waals surface area contributed by atoms with E-state index in [1.54, 1.807) is 6.92 Å². The summed E-state index contributed by atoms with van der Waals surface area (Å²) in [6, 6.07) is 0.892. The number of carbonyl (C=O) groups is 1. The minimum Gasteiger partial charge on any atom is -0.522 e. The van der Waals surface area contributed by atoms with Crippen LogP contribution in [0.4, 0.5) is 0 Å². The molecule has 0 atom stereocenters. The molecule has 0 rings (SSSR count). The molecule has 0 heterocycles. The highest BCUT2D eigenvalue weighted by molar-refractivity contribution is 6.69. The fourth-order valence-corrected chi connectivity index (χ4v) is 2.61. The van der Waals surface area contributed by atoms with Gasteiger partial charge in [0.2, 0.25) is 9.76 Å². The molecule has 82 valence electrons. The number of hydrogen-bond donors (Lipinski definition) is 0. The zero-order valence-corrected chi connectivity index (χ0v) is 12.0. The third-order valence-electron chi connectivity index (χ3n) is 1.41. The molecule has 0 unspecified atom stereocenters. The molecule has 0 aromatic heterocycles. The van der Waals surface area contributed by atoms with Crippen molar-refractivity contribution in [1.82, 2.24) is 0 Å². The van der Waals surface area contributed by atoms with Crippen molar-refractivity contribution in [3.05, 3.63) is 12.2 Å². The van der Waals surface area contributed by atoms with Crippen LogP contribution in [0.15, 0.2) is 12.2 Å². The molecule has 0 aromatic carbocycles. The monoisotopic (exact) mass is 232 g/mol. The maximum absolute atomic E-state index is 11.0. The van der Waals surface area contributed by atoms with Gasteiger partial charge in [-0.1, -0.05) is 6.58 Å². The molecule has 0 aliphatic carbocycles. The SMILES string of the molecule is C=C(C)C(=O)O[SiH2]CCO[Si](C)(C)C. The van der Waals surface area contributed by atoms with Crippen molar-refractivity contribution in [2.75, 3.05) is 6.61 Å². The molecular weight excluding hydrogens is 212 g/mol. The Morgan fingerprint density at radius 2 is 2.00 bits per heavy atom. The highest BCUT2D eigenvalue weighted by atomic mass is 28.4. The van der Waals surface area contributed by atoms with Crippen molar-refractivity contribution in [1.29, 1.82) is 0 Å². The first-order valence-corrected chi connectivity index (χ1v) is 9.78. The Kier molecular flexibility index (Phi) is 5.98. The van der Waals surface area contributed by atoms with Crippen molar-refractivity contribution in [3.63, 3.8) is 0 Å². The van der Waals surface area contributed by atoms with E-state index in [4.69, 9.17) is 8.85 Å². The van der Waals surface area contributed by atoms with Gasteiger partial charge in [-0.25, -0.2) is 4.79 Å². The minimum atomic E-state index is -1.39. The van der Waals surface area contributed by atoms with Gasteiger partial charge in [-0.15, -0.1) is 0 Å². The van der Waals surface area contributed by atoms with Crippen LogP contribution in [0.2, 0.25) is 25.7 Å². The average molecular weight is 232 g/mol. The Hall–Kier alpha value is -0.396. The Morgan fingerprint density at radius 3 is 2.43 bits per heavy atom. The first-order chi connectivity index (χ1) is 6.33. The quantitative estimate of drug-likeness (QED) is 0.395. The van der Waals surface area contributed by atoms with Gasteiger partial charge in [0.25, 0.3) is 0 Å². The maximum atomic E-state index is 11.0. The van der Waals surface area contributed by atoms with Gasteiger partial charge in [0, 0.05) is 12.2 Å². The fourth-order valence-electron chi connectivity index (χ4n) is 0.725. The Bertz CT molecular complexity index is 209. The first kappa shape index (κ1) is 13.6.